The molecule has 0 heterocycles. The summed E-state index contributed by atoms with van der Waals surface area (Å²) in [5.74, 6) is 0.859. The van der Waals surface area contributed by atoms with Gasteiger partial charge in [-0.1, -0.05) is 25.0 Å². The third kappa shape index (κ3) is 6.86. The molecule has 150 valence electrons. The Morgan fingerprint density at radius 3 is 2.37 bits per heavy atom. The number of guanidine groups is 1. The highest BCUT2D eigenvalue weighted by Crippen LogP contribution is 2.21. The average Bonchev–Trinajstić information content (AvgIpc) is 3.20. The van der Waals surface area contributed by atoms with Crippen LogP contribution in [0.2, 0.25) is 0 Å². The van der Waals surface area contributed by atoms with Crippen LogP contribution in [0, 0.1) is 0 Å². The molecule has 0 unspecified atom stereocenters. The van der Waals surface area contributed by atoms with Crippen molar-refractivity contribution in [3.63, 3.8) is 0 Å². The predicted molar refractivity (Wildman–Crippen MR) is 112 cm³/mol. The summed E-state index contributed by atoms with van der Waals surface area (Å²) >= 11 is 0. The van der Waals surface area contributed by atoms with Crippen molar-refractivity contribution in [3.8, 4) is 0 Å². The van der Waals surface area contributed by atoms with Crippen LogP contribution in [-0.2, 0) is 6.54 Å². The Hall–Kier alpha value is -2.08. The van der Waals surface area contributed by atoms with Gasteiger partial charge in [0.2, 0.25) is 0 Å². The summed E-state index contributed by atoms with van der Waals surface area (Å²) < 4.78 is 0. The van der Waals surface area contributed by atoms with Gasteiger partial charge in [0, 0.05) is 45.3 Å². The Morgan fingerprint density at radius 2 is 1.78 bits per heavy atom. The molecule has 1 fully saturated rings. The molecule has 0 radical (unpaired) electrons. The molecule has 1 aromatic carbocycles. The Morgan fingerprint density at radius 1 is 1.11 bits per heavy atom. The number of carbonyl (C=O) groups excluding carboxylic acids is 1. The number of amides is 1. The Bertz CT molecular complexity index is 606. The van der Waals surface area contributed by atoms with Crippen molar-refractivity contribution in [1.29, 1.82) is 0 Å². The van der Waals surface area contributed by atoms with Crippen molar-refractivity contribution in [2.75, 3.05) is 40.8 Å². The second-order valence-electron chi connectivity index (χ2n) is 7.44. The van der Waals surface area contributed by atoms with Gasteiger partial charge in [-0.25, -0.2) is 4.99 Å². The molecule has 0 spiro atoms. The molecule has 1 aromatic rings. The summed E-state index contributed by atoms with van der Waals surface area (Å²) in [5.41, 5.74) is 1.79. The van der Waals surface area contributed by atoms with Crippen molar-refractivity contribution in [2.45, 2.75) is 45.2 Å². The van der Waals surface area contributed by atoms with E-state index < -0.39 is 0 Å². The summed E-state index contributed by atoms with van der Waals surface area (Å²) in [4.78, 5) is 20.7. The molecule has 0 saturated heterocycles. The van der Waals surface area contributed by atoms with Crippen LogP contribution in [0.4, 0.5) is 0 Å². The third-order valence-electron chi connectivity index (χ3n) is 5.08. The van der Waals surface area contributed by atoms with Gasteiger partial charge in [-0.05, 0) is 44.5 Å². The fourth-order valence-electron chi connectivity index (χ4n) is 3.40. The lowest BCUT2D eigenvalue weighted by molar-refractivity contribution is 0.0827. The Kier molecular flexibility index (Phi) is 8.58. The molecule has 27 heavy (non-hydrogen) atoms. The van der Waals surface area contributed by atoms with Gasteiger partial charge >= 0.3 is 0 Å². The summed E-state index contributed by atoms with van der Waals surface area (Å²) in [6, 6.07) is 8.42. The maximum absolute atomic E-state index is 11.9. The normalized spacial score (nSPS) is 15.2. The number of nitrogens with one attached hydrogen (secondary N) is 2. The van der Waals surface area contributed by atoms with Gasteiger partial charge in [0.15, 0.2) is 5.96 Å². The van der Waals surface area contributed by atoms with E-state index in [9.17, 15) is 4.79 Å². The van der Waals surface area contributed by atoms with Gasteiger partial charge in [-0.15, -0.1) is 0 Å². The Balaban J connectivity index is 1.84. The summed E-state index contributed by atoms with van der Waals surface area (Å²) in [6.45, 7) is 5.40. The van der Waals surface area contributed by atoms with Gasteiger partial charge in [-0.3, -0.25) is 4.79 Å². The lowest BCUT2D eigenvalue weighted by Gasteiger charge is -2.24. The molecule has 2 N–H and O–H groups in total. The highest BCUT2D eigenvalue weighted by atomic mass is 16.2. The summed E-state index contributed by atoms with van der Waals surface area (Å²) in [5, 5.41) is 6.73. The number of rotatable bonds is 8. The van der Waals surface area contributed by atoms with Gasteiger partial charge in [-0.2, -0.15) is 0 Å². The van der Waals surface area contributed by atoms with Crippen LogP contribution in [0.5, 0.6) is 0 Å². The maximum atomic E-state index is 11.9. The number of likely N-dealkylation sites (N-methyl/N-ethyl adjacent to an activating group) is 1. The van der Waals surface area contributed by atoms with Crippen molar-refractivity contribution < 1.29 is 4.79 Å². The second kappa shape index (κ2) is 10.9. The zero-order valence-electron chi connectivity index (χ0n) is 17.3. The average molecular weight is 374 g/mol. The first-order chi connectivity index (χ1) is 13.0. The molecule has 0 atom stereocenters. The zero-order valence-corrected chi connectivity index (χ0v) is 17.3. The first kappa shape index (κ1) is 21.2. The molecule has 0 bridgehead atoms. The molecule has 2 rings (SSSR count). The van der Waals surface area contributed by atoms with E-state index in [1.54, 1.807) is 19.0 Å². The fourth-order valence-corrected chi connectivity index (χ4v) is 3.40. The van der Waals surface area contributed by atoms with Crippen molar-refractivity contribution in [1.82, 2.24) is 20.4 Å². The number of hydrogen-bond acceptors (Lipinski definition) is 3. The molecular weight excluding hydrogens is 338 g/mol. The summed E-state index contributed by atoms with van der Waals surface area (Å²) in [7, 11) is 5.75. The van der Waals surface area contributed by atoms with Crippen molar-refractivity contribution in [3.05, 3.63) is 35.4 Å². The molecule has 6 heteroatoms. The summed E-state index contributed by atoms with van der Waals surface area (Å²) in [6.07, 6.45) is 5.39. The number of hydrogen-bond donors (Lipinski definition) is 2. The van der Waals surface area contributed by atoms with E-state index >= 15 is 0 Å². The van der Waals surface area contributed by atoms with E-state index in [0.717, 1.165) is 37.2 Å². The van der Waals surface area contributed by atoms with E-state index in [0.29, 0.717) is 12.1 Å². The number of benzene rings is 1. The van der Waals surface area contributed by atoms with Crippen LogP contribution in [0.25, 0.3) is 0 Å². The third-order valence-corrected chi connectivity index (χ3v) is 5.08. The monoisotopic (exact) mass is 373 g/mol. The minimum atomic E-state index is 0.0199. The van der Waals surface area contributed by atoms with Crippen LogP contribution in [-0.4, -0.2) is 68.5 Å². The number of nitrogens with zero attached hydrogens (tertiary/aromatic N) is 3. The second-order valence-corrected chi connectivity index (χ2v) is 7.44. The predicted octanol–water partition coefficient (Wildman–Crippen LogP) is 2.32. The van der Waals surface area contributed by atoms with E-state index in [-0.39, 0.29) is 5.91 Å². The number of carbonyl (C=O) groups is 1. The molecule has 0 aromatic heterocycles. The minimum absolute atomic E-state index is 0.0199. The maximum Gasteiger partial charge on any atom is 0.253 e. The highest BCUT2D eigenvalue weighted by Gasteiger charge is 2.18. The molecule has 1 saturated carbocycles. The zero-order chi connectivity index (χ0) is 19.6. The first-order valence-electron chi connectivity index (χ1n) is 10.0. The molecule has 0 aliphatic heterocycles. The molecule has 1 aliphatic carbocycles. The molecule has 1 amide bonds. The van der Waals surface area contributed by atoms with E-state index in [1.165, 1.54) is 25.7 Å². The molecular formula is C21H35N5O. The van der Waals surface area contributed by atoms with Gasteiger partial charge in [0.1, 0.15) is 0 Å². The Labute approximate surface area is 164 Å². The lowest BCUT2D eigenvalue weighted by Crippen LogP contribution is -2.42. The van der Waals surface area contributed by atoms with E-state index in [1.807, 2.05) is 24.3 Å². The van der Waals surface area contributed by atoms with Crippen molar-refractivity contribution >= 4 is 11.9 Å². The van der Waals surface area contributed by atoms with Gasteiger partial charge in [0.25, 0.3) is 5.91 Å². The van der Waals surface area contributed by atoms with Crippen LogP contribution in [0.3, 0.4) is 0 Å². The van der Waals surface area contributed by atoms with Gasteiger partial charge in [0.05, 0.1) is 6.54 Å². The van der Waals surface area contributed by atoms with Crippen LogP contribution < -0.4 is 10.6 Å². The van der Waals surface area contributed by atoms with Crippen LogP contribution in [0.15, 0.2) is 29.3 Å². The standard InChI is InChI=1S/C21H35N5O/c1-5-22-21(23-14-15-26(4)19-8-6-7-9-19)24-16-17-10-12-18(13-11-17)20(27)25(2)3/h10-13,19H,5-9,14-16H2,1-4H3,(H2,22,23,24). The minimum Gasteiger partial charge on any atom is -0.357 e. The van der Waals surface area contributed by atoms with Crippen molar-refractivity contribution in [2.24, 2.45) is 4.99 Å². The largest absolute Gasteiger partial charge is 0.357 e. The SMILES string of the molecule is CCNC(=NCc1ccc(C(=O)N(C)C)cc1)NCCN(C)C1CCCC1. The van der Waals surface area contributed by atoms with Crippen LogP contribution >= 0.6 is 0 Å². The quantitative estimate of drug-likeness (QED) is 0.542. The smallest absolute Gasteiger partial charge is 0.253 e. The number of aliphatic imine (C=N–C) groups is 1. The molecule has 6 nitrogen and oxygen atoms in total. The van der Waals surface area contributed by atoms with Crippen LogP contribution in [0.1, 0.15) is 48.5 Å². The van der Waals surface area contributed by atoms with E-state index in [2.05, 4.69) is 34.5 Å². The van der Waals surface area contributed by atoms with E-state index in [4.69, 9.17) is 0 Å². The first-order valence-corrected chi connectivity index (χ1v) is 10.0. The lowest BCUT2D eigenvalue weighted by atomic mass is 10.1. The van der Waals surface area contributed by atoms with Gasteiger partial charge < -0.3 is 20.4 Å². The highest BCUT2D eigenvalue weighted by molar-refractivity contribution is 5.93. The molecule has 1 aliphatic rings. The fraction of sp³-hybridized carbons (Fsp3) is 0.619. The topological polar surface area (TPSA) is 60.0 Å².